The quantitative estimate of drug-likeness (QED) is 0.455. The molecule has 0 spiro atoms. The maximum absolute atomic E-state index is 13.3. The third-order valence-corrected chi connectivity index (χ3v) is 6.46. The van der Waals surface area contributed by atoms with E-state index >= 15 is 0 Å². The van der Waals surface area contributed by atoms with Crippen molar-refractivity contribution in [3.63, 3.8) is 0 Å². The Bertz CT molecular complexity index is 1470. The minimum Gasteiger partial charge on any atom is -0.454 e. The Balaban J connectivity index is 1.43. The Hall–Kier alpha value is -3.56. The number of rotatable bonds is 6. The number of nitrogens with zero attached hydrogens (tertiary/aromatic N) is 2. The van der Waals surface area contributed by atoms with E-state index in [9.17, 15) is 14.4 Å². The Morgan fingerprint density at radius 2 is 1.76 bits per heavy atom. The molecule has 33 heavy (non-hydrogen) atoms. The number of benzene rings is 2. The van der Waals surface area contributed by atoms with Gasteiger partial charge in [-0.2, -0.15) is 0 Å². The third-order valence-electron chi connectivity index (χ3n) is 5.32. The van der Waals surface area contributed by atoms with Crippen LogP contribution in [0.25, 0.3) is 10.2 Å². The van der Waals surface area contributed by atoms with Crippen molar-refractivity contribution in [1.82, 2.24) is 14.5 Å². The summed E-state index contributed by atoms with van der Waals surface area (Å²) in [5.41, 5.74) is 1.10. The highest BCUT2D eigenvalue weighted by Gasteiger charge is 2.18. The summed E-state index contributed by atoms with van der Waals surface area (Å²) >= 11 is 7.13. The number of amides is 1. The Morgan fingerprint density at radius 3 is 2.58 bits per heavy atom. The number of aromatic nitrogens is 2. The molecule has 2 aromatic heterocycles. The van der Waals surface area contributed by atoms with Gasteiger partial charge in [0.05, 0.1) is 12.1 Å². The minimum atomic E-state index is -0.551. The van der Waals surface area contributed by atoms with E-state index in [1.54, 1.807) is 41.8 Å². The monoisotopic (exact) mass is 483 g/mol. The van der Waals surface area contributed by atoms with Crippen molar-refractivity contribution >= 4 is 39.1 Å². The average Bonchev–Trinajstić information content (AvgIpc) is 3.48. The van der Waals surface area contributed by atoms with E-state index < -0.39 is 5.69 Å². The van der Waals surface area contributed by atoms with Gasteiger partial charge in [0.15, 0.2) is 11.5 Å². The largest absolute Gasteiger partial charge is 0.454 e. The number of carbonyl (C=O) groups is 1. The second kappa shape index (κ2) is 8.76. The second-order valence-electron chi connectivity index (χ2n) is 7.49. The van der Waals surface area contributed by atoms with E-state index in [0.717, 1.165) is 10.1 Å². The maximum atomic E-state index is 13.3. The van der Waals surface area contributed by atoms with Crippen LogP contribution < -0.4 is 26.0 Å². The molecule has 4 aromatic rings. The van der Waals surface area contributed by atoms with E-state index in [1.807, 2.05) is 12.1 Å². The molecule has 1 amide bonds. The summed E-state index contributed by atoms with van der Waals surface area (Å²) in [6.45, 7) is 0.280. The molecule has 168 valence electrons. The lowest BCUT2D eigenvalue weighted by atomic mass is 10.2. The van der Waals surface area contributed by atoms with Gasteiger partial charge in [0, 0.05) is 11.6 Å². The molecule has 0 unspecified atom stereocenters. The molecule has 0 saturated carbocycles. The number of carbonyl (C=O) groups excluding carboxylic acids is 1. The molecule has 0 saturated heterocycles. The number of thiophene rings is 1. The maximum Gasteiger partial charge on any atom is 0.332 e. The standard InChI is InChI=1S/C23H18ClN3O5S/c24-16-4-1-14(2-5-16)10-25-20(28)12-26-17-7-8-33-21(17)22(29)27(23(26)30)11-15-3-6-18-19(9-15)32-13-31-18/h1-9H,10-13H2,(H,25,28). The predicted molar refractivity (Wildman–Crippen MR) is 125 cm³/mol. The molecule has 8 nitrogen and oxygen atoms in total. The summed E-state index contributed by atoms with van der Waals surface area (Å²) in [6, 6.07) is 14.1. The molecule has 3 heterocycles. The van der Waals surface area contributed by atoms with E-state index in [2.05, 4.69) is 5.32 Å². The second-order valence-corrected chi connectivity index (χ2v) is 8.84. The van der Waals surface area contributed by atoms with Crippen LogP contribution in [0.1, 0.15) is 11.1 Å². The Labute approximate surface area is 196 Å². The van der Waals surface area contributed by atoms with Crippen LogP contribution in [0.4, 0.5) is 0 Å². The van der Waals surface area contributed by atoms with Crippen LogP contribution >= 0.6 is 22.9 Å². The lowest BCUT2D eigenvalue weighted by molar-refractivity contribution is -0.121. The average molecular weight is 484 g/mol. The number of hydrogen-bond acceptors (Lipinski definition) is 6. The molecule has 0 fully saturated rings. The van der Waals surface area contributed by atoms with Gasteiger partial charge in [0.1, 0.15) is 11.2 Å². The molecule has 1 N–H and O–H groups in total. The van der Waals surface area contributed by atoms with Crippen LogP contribution in [0.5, 0.6) is 11.5 Å². The number of nitrogens with one attached hydrogen (secondary N) is 1. The van der Waals surface area contributed by atoms with Crippen molar-refractivity contribution < 1.29 is 14.3 Å². The van der Waals surface area contributed by atoms with Crippen molar-refractivity contribution in [3.8, 4) is 11.5 Å². The molecule has 0 atom stereocenters. The van der Waals surface area contributed by atoms with Crippen LogP contribution in [0.3, 0.4) is 0 Å². The van der Waals surface area contributed by atoms with Crippen molar-refractivity contribution in [1.29, 1.82) is 0 Å². The first-order chi connectivity index (χ1) is 16.0. The van der Waals surface area contributed by atoms with Crippen LogP contribution in [0.2, 0.25) is 5.02 Å². The van der Waals surface area contributed by atoms with Crippen LogP contribution in [0, 0.1) is 0 Å². The number of ether oxygens (including phenoxy) is 2. The molecule has 0 aliphatic carbocycles. The van der Waals surface area contributed by atoms with Crippen LogP contribution in [-0.2, 0) is 24.4 Å². The zero-order valence-corrected chi connectivity index (χ0v) is 18.8. The normalized spacial score (nSPS) is 12.3. The number of halogens is 1. The molecule has 1 aliphatic rings. The zero-order valence-electron chi connectivity index (χ0n) is 17.2. The summed E-state index contributed by atoms with van der Waals surface area (Å²) in [7, 11) is 0. The smallest absolute Gasteiger partial charge is 0.332 e. The molecular weight excluding hydrogens is 466 g/mol. The van der Waals surface area contributed by atoms with Crippen LogP contribution in [-0.4, -0.2) is 21.8 Å². The summed E-state index contributed by atoms with van der Waals surface area (Å²) < 4.78 is 13.6. The fraction of sp³-hybridized carbons (Fsp3) is 0.174. The fourth-order valence-corrected chi connectivity index (χ4v) is 4.62. The topological polar surface area (TPSA) is 91.6 Å². The van der Waals surface area contributed by atoms with Gasteiger partial charge >= 0.3 is 5.69 Å². The third kappa shape index (κ3) is 4.24. The number of hydrogen-bond donors (Lipinski definition) is 1. The highest BCUT2D eigenvalue weighted by Crippen LogP contribution is 2.32. The van der Waals surface area contributed by atoms with Crippen molar-refractivity contribution in [2.45, 2.75) is 19.6 Å². The zero-order chi connectivity index (χ0) is 22.9. The summed E-state index contributed by atoms with van der Waals surface area (Å²) in [4.78, 5) is 38.9. The van der Waals surface area contributed by atoms with E-state index in [0.29, 0.717) is 38.8 Å². The number of fused-ring (bicyclic) bond motifs is 2. The summed E-state index contributed by atoms with van der Waals surface area (Å²) in [5, 5.41) is 5.15. The molecule has 0 bridgehead atoms. The molecule has 0 radical (unpaired) electrons. The van der Waals surface area contributed by atoms with Gasteiger partial charge in [-0.1, -0.05) is 29.8 Å². The van der Waals surface area contributed by atoms with Crippen molar-refractivity contribution in [2.75, 3.05) is 6.79 Å². The highest BCUT2D eigenvalue weighted by atomic mass is 35.5. The first-order valence-electron chi connectivity index (χ1n) is 10.1. The van der Waals surface area contributed by atoms with Gasteiger partial charge < -0.3 is 14.8 Å². The lowest BCUT2D eigenvalue weighted by Gasteiger charge is -2.13. The van der Waals surface area contributed by atoms with Gasteiger partial charge in [-0.3, -0.25) is 18.7 Å². The van der Waals surface area contributed by atoms with Crippen LogP contribution in [0.15, 0.2) is 63.5 Å². The van der Waals surface area contributed by atoms with Gasteiger partial charge in [-0.25, -0.2) is 4.79 Å². The summed E-state index contributed by atoms with van der Waals surface area (Å²) in [5.74, 6) is 0.849. The fourth-order valence-electron chi connectivity index (χ4n) is 3.65. The van der Waals surface area contributed by atoms with E-state index in [4.69, 9.17) is 21.1 Å². The Morgan fingerprint density at radius 1 is 1.00 bits per heavy atom. The highest BCUT2D eigenvalue weighted by molar-refractivity contribution is 7.17. The molecule has 2 aromatic carbocycles. The molecule has 5 rings (SSSR count). The lowest BCUT2D eigenvalue weighted by Crippen LogP contribution is -2.42. The van der Waals surface area contributed by atoms with Gasteiger partial charge in [0.2, 0.25) is 12.7 Å². The molecule has 1 aliphatic heterocycles. The first kappa shape index (κ1) is 21.3. The van der Waals surface area contributed by atoms with Crippen molar-refractivity contribution in [2.24, 2.45) is 0 Å². The van der Waals surface area contributed by atoms with E-state index in [1.165, 1.54) is 15.9 Å². The predicted octanol–water partition coefficient (Wildman–Crippen LogP) is 2.97. The minimum absolute atomic E-state index is 0.0501. The van der Waals surface area contributed by atoms with Gasteiger partial charge in [0.25, 0.3) is 5.56 Å². The van der Waals surface area contributed by atoms with E-state index in [-0.39, 0.29) is 31.3 Å². The van der Waals surface area contributed by atoms with Gasteiger partial charge in [-0.05, 0) is 46.8 Å². The van der Waals surface area contributed by atoms with Crippen molar-refractivity contribution in [3.05, 3.63) is 90.9 Å². The van der Waals surface area contributed by atoms with Gasteiger partial charge in [-0.15, -0.1) is 11.3 Å². The summed E-state index contributed by atoms with van der Waals surface area (Å²) in [6.07, 6.45) is 0. The Kier molecular flexibility index (Phi) is 5.65. The molecule has 10 heteroatoms. The SMILES string of the molecule is O=C(Cn1c(=O)n(Cc2ccc3c(c2)OCO3)c(=O)c2sccc21)NCc1ccc(Cl)cc1. The molecular formula is C23H18ClN3O5S. The first-order valence-corrected chi connectivity index (χ1v) is 11.4.